The molecule has 0 bridgehead atoms. The summed E-state index contributed by atoms with van der Waals surface area (Å²) < 4.78 is 10.9. The lowest BCUT2D eigenvalue weighted by atomic mass is 10.2. The Morgan fingerprint density at radius 3 is 1.74 bits per heavy atom. The molecule has 0 saturated carbocycles. The maximum absolute atomic E-state index is 11.7. The lowest BCUT2D eigenvalue weighted by Crippen LogP contribution is -2.33. The third-order valence-corrected chi connectivity index (χ3v) is 6.00. The van der Waals surface area contributed by atoms with Gasteiger partial charge in [0.05, 0.1) is 23.7 Å². The van der Waals surface area contributed by atoms with Crippen molar-refractivity contribution in [2.45, 2.75) is 37.9 Å². The first kappa shape index (κ1) is 18.9. The van der Waals surface area contributed by atoms with Gasteiger partial charge in [0.15, 0.2) is 0 Å². The van der Waals surface area contributed by atoms with Crippen LogP contribution in [0.4, 0.5) is 0 Å². The molecule has 0 aromatic carbocycles. The number of amides is 2. The molecule has 6 nitrogen and oxygen atoms in total. The van der Waals surface area contributed by atoms with Gasteiger partial charge in [-0.25, -0.2) is 0 Å². The zero-order valence-corrected chi connectivity index (χ0v) is 15.0. The molecule has 0 unspecified atom stereocenters. The molecule has 0 spiro atoms. The van der Waals surface area contributed by atoms with Gasteiger partial charge >= 0.3 is 0 Å². The number of nitrogens with one attached hydrogen (secondary N) is 2. The van der Waals surface area contributed by atoms with Crippen LogP contribution in [0.2, 0.25) is 0 Å². The van der Waals surface area contributed by atoms with Gasteiger partial charge in [-0.3, -0.25) is 9.59 Å². The van der Waals surface area contributed by atoms with Crippen LogP contribution in [0.25, 0.3) is 0 Å². The highest BCUT2D eigenvalue weighted by atomic mass is 32.2. The normalized spacial score (nSPS) is 23.8. The van der Waals surface area contributed by atoms with Crippen molar-refractivity contribution in [1.82, 2.24) is 10.6 Å². The minimum atomic E-state index is 0.0360. The van der Waals surface area contributed by atoms with E-state index < -0.39 is 0 Å². The lowest BCUT2D eigenvalue weighted by Gasteiger charge is -2.11. The zero-order valence-electron chi connectivity index (χ0n) is 13.4. The molecule has 2 aliphatic heterocycles. The molecule has 2 rings (SSSR count). The highest BCUT2D eigenvalue weighted by molar-refractivity contribution is 8.16. The fourth-order valence-corrected chi connectivity index (χ4v) is 4.21. The van der Waals surface area contributed by atoms with E-state index in [1.165, 1.54) is 23.5 Å². The van der Waals surface area contributed by atoms with Crippen LogP contribution >= 0.6 is 23.5 Å². The standard InChI is InChI=1S/C15H26N2O4S2/c18-14(16-7-12-3-1-5-20-12)9-22-11-23-10-15(19)17-8-13-4-2-6-21-13/h12-13H,1-11H2,(H,16,18)(H,17,19)/t12-,13-/m1/s1. The SMILES string of the molecule is O=C(CSCSCC(=O)NC[C@H]1CCCO1)NC[C@H]1CCCO1. The summed E-state index contributed by atoms with van der Waals surface area (Å²) in [4.78, 5) is 23.3. The molecule has 2 aliphatic rings. The van der Waals surface area contributed by atoms with Crippen LogP contribution in [0.5, 0.6) is 0 Å². The molecule has 0 aromatic rings. The molecule has 132 valence electrons. The second-order valence-corrected chi connectivity index (χ2v) is 8.03. The van der Waals surface area contributed by atoms with Crippen LogP contribution in [0.3, 0.4) is 0 Å². The Bertz CT molecular complexity index is 338. The van der Waals surface area contributed by atoms with E-state index in [0.29, 0.717) is 24.6 Å². The summed E-state index contributed by atoms with van der Waals surface area (Å²) in [6.45, 7) is 2.83. The van der Waals surface area contributed by atoms with Crippen LogP contribution < -0.4 is 10.6 Å². The molecule has 2 N–H and O–H groups in total. The summed E-state index contributed by atoms with van der Waals surface area (Å²) >= 11 is 3.07. The Kier molecular flexibility index (Phi) is 9.18. The first-order chi connectivity index (χ1) is 11.2. The van der Waals surface area contributed by atoms with Gasteiger partial charge in [0, 0.05) is 31.4 Å². The number of thioether (sulfide) groups is 2. The van der Waals surface area contributed by atoms with Crippen molar-refractivity contribution in [3.8, 4) is 0 Å². The second-order valence-electron chi connectivity index (χ2n) is 5.69. The minimum absolute atomic E-state index is 0.0360. The van der Waals surface area contributed by atoms with Crippen molar-refractivity contribution >= 4 is 35.3 Å². The predicted molar refractivity (Wildman–Crippen MR) is 93.8 cm³/mol. The lowest BCUT2D eigenvalue weighted by molar-refractivity contribution is -0.119. The largest absolute Gasteiger partial charge is 0.376 e. The molecule has 0 radical (unpaired) electrons. The molecule has 2 atom stereocenters. The van der Waals surface area contributed by atoms with Gasteiger partial charge < -0.3 is 20.1 Å². The van der Waals surface area contributed by atoms with Crippen molar-refractivity contribution in [3.63, 3.8) is 0 Å². The fraction of sp³-hybridized carbons (Fsp3) is 0.867. The Morgan fingerprint density at radius 1 is 0.870 bits per heavy atom. The monoisotopic (exact) mass is 362 g/mol. The van der Waals surface area contributed by atoms with Crippen LogP contribution in [0, 0.1) is 0 Å². The van der Waals surface area contributed by atoms with E-state index >= 15 is 0 Å². The number of rotatable bonds is 10. The van der Waals surface area contributed by atoms with E-state index in [2.05, 4.69) is 10.6 Å². The van der Waals surface area contributed by atoms with Crippen molar-refractivity contribution in [3.05, 3.63) is 0 Å². The molecule has 23 heavy (non-hydrogen) atoms. The third-order valence-electron chi connectivity index (χ3n) is 3.73. The van der Waals surface area contributed by atoms with E-state index in [1.54, 1.807) is 0 Å². The Morgan fingerprint density at radius 2 is 1.35 bits per heavy atom. The highest BCUT2D eigenvalue weighted by Crippen LogP contribution is 2.13. The van der Waals surface area contributed by atoms with Crippen LogP contribution in [0.15, 0.2) is 0 Å². The topological polar surface area (TPSA) is 76.7 Å². The van der Waals surface area contributed by atoms with Gasteiger partial charge in [-0.1, -0.05) is 0 Å². The molecular formula is C15H26N2O4S2. The summed E-state index contributed by atoms with van der Waals surface area (Å²) in [7, 11) is 0. The molecule has 2 fully saturated rings. The summed E-state index contributed by atoms with van der Waals surface area (Å²) in [5.41, 5.74) is 0. The first-order valence-electron chi connectivity index (χ1n) is 8.16. The number of hydrogen-bond donors (Lipinski definition) is 2. The van der Waals surface area contributed by atoms with E-state index in [1.807, 2.05) is 0 Å². The van der Waals surface area contributed by atoms with E-state index in [4.69, 9.17) is 9.47 Å². The third kappa shape index (κ3) is 8.28. The summed E-state index contributed by atoms with van der Waals surface area (Å²) in [5, 5.41) is 6.51. The van der Waals surface area contributed by atoms with E-state index in [0.717, 1.165) is 44.0 Å². The van der Waals surface area contributed by atoms with Gasteiger partial charge in [-0.15, -0.1) is 23.5 Å². The van der Waals surface area contributed by atoms with Gasteiger partial charge in [0.2, 0.25) is 11.8 Å². The van der Waals surface area contributed by atoms with Gasteiger partial charge in [0.1, 0.15) is 0 Å². The van der Waals surface area contributed by atoms with Crippen molar-refractivity contribution in [2.75, 3.05) is 42.9 Å². The predicted octanol–water partition coefficient (Wildman–Crippen LogP) is 1.00. The van der Waals surface area contributed by atoms with E-state index in [-0.39, 0.29) is 24.0 Å². The number of carbonyl (C=O) groups excluding carboxylic acids is 2. The molecule has 2 saturated heterocycles. The smallest absolute Gasteiger partial charge is 0.230 e. The number of ether oxygens (including phenoxy) is 2. The number of carbonyl (C=O) groups is 2. The van der Waals surface area contributed by atoms with Crippen LogP contribution in [-0.4, -0.2) is 66.9 Å². The Hall–Kier alpha value is -0.440. The Balaban J connectivity index is 1.39. The van der Waals surface area contributed by atoms with Gasteiger partial charge in [-0.2, -0.15) is 0 Å². The van der Waals surface area contributed by atoms with Crippen molar-refractivity contribution in [2.24, 2.45) is 0 Å². The molecule has 2 amide bonds. The quantitative estimate of drug-likeness (QED) is 0.446. The maximum Gasteiger partial charge on any atom is 0.230 e. The van der Waals surface area contributed by atoms with Gasteiger partial charge in [0.25, 0.3) is 0 Å². The van der Waals surface area contributed by atoms with Crippen molar-refractivity contribution in [1.29, 1.82) is 0 Å². The van der Waals surface area contributed by atoms with Gasteiger partial charge in [-0.05, 0) is 25.7 Å². The average Bonchev–Trinajstić information content (AvgIpc) is 3.24. The fourth-order valence-electron chi connectivity index (χ4n) is 2.50. The molecule has 8 heteroatoms. The molecule has 0 aromatic heterocycles. The molecule has 0 aliphatic carbocycles. The van der Waals surface area contributed by atoms with Crippen molar-refractivity contribution < 1.29 is 19.1 Å². The summed E-state index contributed by atoms with van der Waals surface area (Å²) in [5.74, 6) is 0.928. The number of hydrogen-bond acceptors (Lipinski definition) is 6. The highest BCUT2D eigenvalue weighted by Gasteiger charge is 2.17. The van der Waals surface area contributed by atoms with Crippen LogP contribution in [0.1, 0.15) is 25.7 Å². The zero-order chi connectivity index (χ0) is 16.3. The molecular weight excluding hydrogens is 336 g/mol. The van der Waals surface area contributed by atoms with E-state index in [9.17, 15) is 9.59 Å². The molecule has 2 heterocycles. The first-order valence-corrected chi connectivity index (χ1v) is 10.5. The Labute approximate surface area is 146 Å². The second kappa shape index (κ2) is 11.2. The average molecular weight is 363 g/mol. The van der Waals surface area contributed by atoms with Crippen LogP contribution in [-0.2, 0) is 19.1 Å². The summed E-state index contributed by atoms with van der Waals surface area (Å²) in [6.07, 6.45) is 4.60. The maximum atomic E-state index is 11.7. The minimum Gasteiger partial charge on any atom is -0.376 e. The summed E-state index contributed by atoms with van der Waals surface area (Å²) in [6, 6.07) is 0.